The number of amides is 1. The van der Waals surface area contributed by atoms with Gasteiger partial charge in [0.05, 0.1) is 12.2 Å². The first-order chi connectivity index (χ1) is 17.2. The van der Waals surface area contributed by atoms with E-state index in [-0.39, 0.29) is 30.8 Å². The molecule has 2 N–H and O–H groups in total. The van der Waals surface area contributed by atoms with Crippen LogP contribution in [0.15, 0.2) is 84.1 Å². The van der Waals surface area contributed by atoms with Gasteiger partial charge in [0, 0.05) is 25.0 Å². The molecule has 7 heteroatoms. The van der Waals surface area contributed by atoms with E-state index in [0.29, 0.717) is 12.8 Å². The molecule has 0 radical (unpaired) electrons. The second-order valence-corrected chi connectivity index (χ2v) is 9.14. The monoisotopic (exact) mass is 495 g/mol. The number of carbonyl (C=O) groups excluding carboxylic acids is 3. The summed E-state index contributed by atoms with van der Waals surface area (Å²) in [4.78, 5) is 36.8. The van der Waals surface area contributed by atoms with E-state index in [4.69, 9.17) is 9.47 Å². The summed E-state index contributed by atoms with van der Waals surface area (Å²) in [6, 6.07) is 0. The Bertz CT molecular complexity index is 997. The topological polar surface area (TPSA) is 102 Å². The van der Waals surface area contributed by atoms with Crippen LogP contribution in [0.2, 0.25) is 0 Å². The molecule has 194 valence electrons. The van der Waals surface area contributed by atoms with Crippen molar-refractivity contribution in [2.75, 3.05) is 0 Å². The number of fused-ring (bicyclic) bond motifs is 2. The highest BCUT2D eigenvalue weighted by molar-refractivity contribution is 5.91. The minimum absolute atomic E-state index is 0.0369. The number of ether oxygens (including phenoxy) is 2. The first-order valence-corrected chi connectivity index (χ1v) is 12.2. The maximum atomic E-state index is 12.5. The number of allylic oxidation sites excluding steroid dienone is 7. The summed E-state index contributed by atoms with van der Waals surface area (Å²) < 4.78 is 11.7. The van der Waals surface area contributed by atoms with Gasteiger partial charge in [0.1, 0.15) is 0 Å². The van der Waals surface area contributed by atoms with Gasteiger partial charge in [-0.2, -0.15) is 0 Å². The molecular formula is C29H37NO6. The lowest BCUT2D eigenvalue weighted by Crippen LogP contribution is -2.44. The third-order valence-electron chi connectivity index (χ3n) is 5.60. The number of ketones is 1. The molecule has 7 nitrogen and oxygen atoms in total. The summed E-state index contributed by atoms with van der Waals surface area (Å²) in [7, 11) is 0. The smallest absolute Gasteiger partial charge is 0.331 e. The van der Waals surface area contributed by atoms with Crippen molar-refractivity contribution < 1.29 is 29.0 Å². The zero-order valence-electron chi connectivity index (χ0n) is 21.3. The molecular weight excluding hydrogens is 458 g/mol. The lowest BCUT2D eigenvalue weighted by Gasteiger charge is -2.30. The first kappa shape index (κ1) is 28.9. The highest BCUT2D eigenvalue weighted by atomic mass is 16.6. The molecule has 2 rings (SSSR count). The summed E-state index contributed by atoms with van der Waals surface area (Å²) in [5.41, 5.74) is 2.67. The Morgan fingerprint density at radius 2 is 1.94 bits per heavy atom. The third-order valence-corrected chi connectivity index (χ3v) is 5.60. The number of rotatable bonds is 4. The highest BCUT2D eigenvalue weighted by Crippen LogP contribution is 2.27. The predicted octanol–water partition coefficient (Wildman–Crippen LogP) is 4.33. The van der Waals surface area contributed by atoms with Crippen LogP contribution in [0.25, 0.3) is 0 Å². The summed E-state index contributed by atoms with van der Waals surface area (Å²) in [5, 5.41) is 13.1. The van der Waals surface area contributed by atoms with Gasteiger partial charge >= 0.3 is 5.97 Å². The maximum Gasteiger partial charge on any atom is 0.331 e. The van der Waals surface area contributed by atoms with Crippen LogP contribution in [0.5, 0.6) is 0 Å². The van der Waals surface area contributed by atoms with Gasteiger partial charge in [-0.3, -0.25) is 9.59 Å². The van der Waals surface area contributed by atoms with E-state index in [9.17, 15) is 19.5 Å². The number of nitrogens with one attached hydrogen (secondary N) is 1. The Balaban J connectivity index is 2.28. The fourth-order valence-electron chi connectivity index (χ4n) is 3.96. The predicted molar refractivity (Wildman–Crippen MR) is 140 cm³/mol. The first-order valence-electron chi connectivity index (χ1n) is 12.2. The van der Waals surface area contributed by atoms with Gasteiger partial charge in [-0.25, -0.2) is 4.79 Å². The number of hydrogen-bond donors (Lipinski definition) is 2. The Hall–Kier alpha value is -3.29. The van der Waals surface area contributed by atoms with Crippen LogP contribution in [-0.4, -0.2) is 47.3 Å². The zero-order valence-corrected chi connectivity index (χ0v) is 21.3. The Morgan fingerprint density at radius 1 is 1.17 bits per heavy atom. The molecule has 0 spiro atoms. The molecule has 0 saturated carbocycles. The molecule has 2 heterocycles. The normalized spacial score (nSPS) is 30.3. The van der Waals surface area contributed by atoms with E-state index in [1.165, 1.54) is 18.2 Å². The van der Waals surface area contributed by atoms with Crippen molar-refractivity contribution in [3.63, 3.8) is 0 Å². The highest BCUT2D eigenvalue weighted by Gasteiger charge is 2.26. The van der Waals surface area contributed by atoms with Crippen LogP contribution >= 0.6 is 0 Å². The largest absolute Gasteiger partial charge is 0.454 e. The minimum Gasteiger partial charge on any atom is -0.454 e. The lowest BCUT2D eigenvalue weighted by molar-refractivity contribution is -0.151. The number of cyclic esters (lactones) is 1. The molecule has 2 aliphatic heterocycles. The van der Waals surface area contributed by atoms with Crippen LogP contribution < -0.4 is 5.32 Å². The average Bonchev–Trinajstić information content (AvgIpc) is 2.77. The molecule has 1 fully saturated rings. The number of aliphatic hydroxyl groups excluding tert-OH is 1. The molecule has 1 saturated heterocycles. The SMILES string of the molecule is C=C1C[C@@H]2C/C=C\C(=O)C/C(C)=C\C=C/C(=O)O[C@H]([C@H](O)NC(=O)/C=C\C=C\C)C/C(C)=C/[C@H](C1)O2. The van der Waals surface area contributed by atoms with Crippen molar-refractivity contribution in [3.05, 3.63) is 84.1 Å². The summed E-state index contributed by atoms with van der Waals surface area (Å²) in [6.07, 6.45) is 15.6. The van der Waals surface area contributed by atoms with E-state index < -0.39 is 24.2 Å². The van der Waals surface area contributed by atoms with E-state index in [0.717, 1.165) is 23.1 Å². The summed E-state index contributed by atoms with van der Waals surface area (Å²) >= 11 is 0. The molecule has 2 bridgehead atoms. The van der Waals surface area contributed by atoms with Crippen molar-refractivity contribution in [1.29, 1.82) is 0 Å². The second kappa shape index (κ2) is 15.0. The fraction of sp³-hybridized carbons (Fsp3) is 0.414. The van der Waals surface area contributed by atoms with Crippen molar-refractivity contribution in [2.24, 2.45) is 0 Å². The van der Waals surface area contributed by atoms with E-state index >= 15 is 0 Å². The van der Waals surface area contributed by atoms with Crippen LogP contribution in [0.1, 0.15) is 52.9 Å². The van der Waals surface area contributed by atoms with Crippen LogP contribution in [-0.2, 0) is 23.9 Å². The van der Waals surface area contributed by atoms with Gasteiger partial charge in [-0.15, -0.1) is 0 Å². The number of aliphatic hydroxyl groups is 1. The van der Waals surface area contributed by atoms with Crippen LogP contribution in [0, 0.1) is 0 Å². The Kier molecular flexibility index (Phi) is 12.0. The van der Waals surface area contributed by atoms with Gasteiger partial charge < -0.3 is 19.9 Å². The Labute approximate surface area is 213 Å². The number of esters is 1. The molecule has 0 aromatic carbocycles. The van der Waals surface area contributed by atoms with Crippen molar-refractivity contribution >= 4 is 17.7 Å². The number of hydrogen-bond acceptors (Lipinski definition) is 6. The minimum atomic E-state index is -1.42. The van der Waals surface area contributed by atoms with Crippen molar-refractivity contribution in [2.45, 2.75) is 77.4 Å². The maximum absolute atomic E-state index is 12.5. The van der Waals surface area contributed by atoms with E-state index in [1.54, 1.807) is 37.3 Å². The van der Waals surface area contributed by atoms with E-state index in [2.05, 4.69) is 11.9 Å². The van der Waals surface area contributed by atoms with Gasteiger partial charge in [0.25, 0.3) is 0 Å². The molecule has 0 aliphatic carbocycles. The molecule has 36 heavy (non-hydrogen) atoms. The number of carbonyl (C=O) groups is 3. The molecule has 0 unspecified atom stereocenters. The van der Waals surface area contributed by atoms with Crippen molar-refractivity contribution in [3.8, 4) is 0 Å². The fourth-order valence-corrected chi connectivity index (χ4v) is 3.96. The average molecular weight is 496 g/mol. The Morgan fingerprint density at radius 3 is 2.69 bits per heavy atom. The summed E-state index contributed by atoms with van der Waals surface area (Å²) in [6.45, 7) is 9.61. The van der Waals surface area contributed by atoms with Gasteiger partial charge in [-0.05, 0) is 46.1 Å². The molecule has 0 aromatic rings. The van der Waals surface area contributed by atoms with Gasteiger partial charge in [0.15, 0.2) is 18.1 Å². The molecule has 1 amide bonds. The molecule has 2 aliphatic rings. The zero-order chi connectivity index (χ0) is 26.5. The molecule has 0 aromatic heterocycles. The second-order valence-electron chi connectivity index (χ2n) is 9.14. The van der Waals surface area contributed by atoms with Gasteiger partial charge in [0.2, 0.25) is 5.91 Å². The van der Waals surface area contributed by atoms with Crippen molar-refractivity contribution in [1.82, 2.24) is 5.32 Å². The molecule has 4 atom stereocenters. The van der Waals surface area contributed by atoms with Crippen LogP contribution in [0.4, 0.5) is 0 Å². The van der Waals surface area contributed by atoms with Gasteiger partial charge in [-0.1, -0.05) is 65.8 Å². The van der Waals surface area contributed by atoms with Crippen LogP contribution in [0.3, 0.4) is 0 Å². The standard InChI is InChI=1S/C29H37NO6/c1-5-6-7-13-27(32)30-29(34)26-19-22(4)18-25-17-21(3)16-24(35-25)12-9-11-23(31)15-20(2)10-8-14-28(33)36-26/h5-11,13-14,18,24-26,29,34H,3,12,15-17,19H2,1-2,4H3,(H,30,32)/b6-5+,11-9-,13-7-,14-8-,20-10-,22-18+/t24-,25-,26-,29-/m0/s1. The summed E-state index contributed by atoms with van der Waals surface area (Å²) in [5.74, 6) is -1.23. The lowest BCUT2D eigenvalue weighted by atomic mass is 9.95. The van der Waals surface area contributed by atoms with E-state index in [1.807, 2.05) is 26.0 Å². The third kappa shape index (κ3) is 11.0. The quantitative estimate of drug-likeness (QED) is 0.198.